The van der Waals surface area contributed by atoms with Crippen molar-refractivity contribution in [1.29, 1.82) is 0 Å². The van der Waals surface area contributed by atoms with Gasteiger partial charge in [0.25, 0.3) is 0 Å². The zero-order valence-electron chi connectivity index (χ0n) is 5.49. The van der Waals surface area contributed by atoms with Crippen LogP contribution in [0.25, 0.3) is 0 Å². The predicted octanol–water partition coefficient (Wildman–Crippen LogP) is 0.265. The standard InChI is InChI=1S/C7H7BNO/c10-8-6-1-5-2-7(3-5)9-4-6/h1-2,4,7,10H,3H2. The van der Waals surface area contributed by atoms with Crippen molar-refractivity contribution in [3.05, 3.63) is 23.2 Å². The van der Waals surface area contributed by atoms with Crippen molar-refractivity contribution < 1.29 is 5.02 Å². The van der Waals surface area contributed by atoms with Crippen LogP contribution in [-0.4, -0.2) is 24.8 Å². The van der Waals surface area contributed by atoms with E-state index in [4.69, 9.17) is 5.02 Å². The Labute approximate surface area is 60.2 Å². The highest BCUT2D eigenvalue weighted by Gasteiger charge is 2.18. The first-order chi connectivity index (χ1) is 4.88. The Morgan fingerprint density at radius 1 is 1.70 bits per heavy atom. The van der Waals surface area contributed by atoms with Gasteiger partial charge in [0, 0.05) is 6.21 Å². The minimum Gasteiger partial charge on any atom is -0.450 e. The molecule has 3 heteroatoms. The number of fused-ring (bicyclic) bond motifs is 1. The van der Waals surface area contributed by atoms with Crippen LogP contribution in [0.15, 0.2) is 28.2 Å². The summed E-state index contributed by atoms with van der Waals surface area (Å²) in [5.74, 6) is 0. The number of rotatable bonds is 1. The van der Waals surface area contributed by atoms with Crippen LogP contribution in [0.1, 0.15) is 6.42 Å². The van der Waals surface area contributed by atoms with Crippen LogP contribution in [0, 0.1) is 0 Å². The van der Waals surface area contributed by atoms with E-state index in [1.165, 1.54) is 5.57 Å². The van der Waals surface area contributed by atoms with Crippen molar-refractivity contribution in [2.45, 2.75) is 12.5 Å². The normalized spacial score (nSPS) is 27.9. The monoisotopic (exact) mass is 132 g/mol. The SMILES string of the molecule is O[B]C1=CC2=CC(C2)N=C1. The molecule has 3 rings (SSSR count). The summed E-state index contributed by atoms with van der Waals surface area (Å²) in [5.41, 5.74) is 2.08. The van der Waals surface area contributed by atoms with E-state index in [9.17, 15) is 0 Å². The largest absolute Gasteiger partial charge is 0.450 e. The van der Waals surface area contributed by atoms with E-state index >= 15 is 0 Å². The lowest BCUT2D eigenvalue weighted by molar-refractivity contribution is 0.613. The molecule has 0 aromatic rings. The van der Waals surface area contributed by atoms with E-state index in [0.29, 0.717) is 6.04 Å². The molecule has 1 N–H and O–H groups in total. The molecule has 2 aliphatic heterocycles. The Morgan fingerprint density at radius 3 is 3.20 bits per heavy atom. The fraction of sp³-hybridized carbons (Fsp3) is 0.286. The lowest BCUT2D eigenvalue weighted by atomic mass is 9.85. The summed E-state index contributed by atoms with van der Waals surface area (Å²) in [6, 6.07) is 0.378. The highest BCUT2D eigenvalue weighted by atomic mass is 16.2. The highest BCUT2D eigenvalue weighted by Crippen LogP contribution is 2.26. The number of hydrogen-bond donors (Lipinski definition) is 1. The molecule has 1 unspecified atom stereocenters. The molecule has 2 nitrogen and oxygen atoms in total. The second-order valence-corrected chi connectivity index (χ2v) is 2.56. The van der Waals surface area contributed by atoms with Gasteiger partial charge in [-0.25, -0.2) is 0 Å². The first-order valence-electron chi connectivity index (χ1n) is 3.31. The van der Waals surface area contributed by atoms with Crippen LogP contribution in [0.3, 0.4) is 0 Å². The third-order valence-corrected chi connectivity index (χ3v) is 1.77. The number of allylic oxidation sites excluding steroid dienone is 2. The quantitative estimate of drug-likeness (QED) is 0.510. The van der Waals surface area contributed by atoms with E-state index in [1.807, 2.05) is 6.08 Å². The molecule has 2 heterocycles. The molecule has 0 aromatic heterocycles. The minimum atomic E-state index is 0.378. The number of hydrogen-bond acceptors (Lipinski definition) is 2. The summed E-state index contributed by atoms with van der Waals surface area (Å²) in [6.07, 6.45) is 6.80. The summed E-state index contributed by atoms with van der Waals surface area (Å²) >= 11 is 0. The predicted molar refractivity (Wildman–Crippen MR) is 41.0 cm³/mol. The molecule has 0 fully saturated rings. The summed E-state index contributed by atoms with van der Waals surface area (Å²) < 4.78 is 0. The lowest BCUT2D eigenvalue weighted by Crippen LogP contribution is -2.10. The molecule has 0 spiro atoms. The van der Waals surface area contributed by atoms with Crippen LogP contribution in [0.5, 0.6) is 0 Å². The molecule has 1 atom stereocenters. The average Bonchev–Trinajstić information content (AvgIpc) is 2.14. The first-order valence-corrected chi connectivity index (χ1v) is 3.31. The van der Waals surface area contributed by atoms with E-state index in [2.05, 4.69) is 11.1 Å². The fourth-order valence-corrected chi connectivity index (χ4v) is 1.16. The fourth-order valence-electron chi connectivity index (χ4n) is 1.16. The summed E-state index contributed by atoms with van der Waals surface area (Å²) in [4.78, 5) is 4.18. The van der Waals surface area contributed by atoms with Crippen LogP contribution >= 0.6 is 0 Å². The summed E-state index contributed by atoms with van der Waals surface area (Å²) in [6.45, 7) is 0. The zero-order chi connectivity index (χ0) is 6.97. The first kappa shape index (κ1) is 5.92. The maximum Gasteiger partial charge on any atom is 0.328 e. The smallest absolute Gasteiger partial charge is 0.328 e. The minimum absolute atomic E-state index is 0.378. The maximum absolute atomic E-state index is 8.64. The van der Waals surface area contributed by atoms with Crippen molar-refractivity contribution in [1.82, 2.24) is 0 Å². The second-order valence-electron chi connectivity index (χ2n) is 2.56. The molecular formula is C7H7BNO. The van der Waals surface area contributed by atoms with E-state index in [-0.39, 0.29) is 0 Å². The second kappa shape index (κ2) is 2.09. The lowest BCUT2D eigenvalue weighted by Gasteiger charge is -2.16. The van der Waals surface area contributed by atoms with E-state index < -0.39 is 0 Å². The molecule has 10 heavy (non-hydrogen) atoms. The van der Waals surface area contributed by atoms with Gasteiger partial charge in [0.1, 0.15) is 0 Å². The molecule has 0 aromatic carbocycles. The molecule has 1 radical (unpaired) electrons. The molecule has 3 aliphatic rings. The van der Waals surface area contributed by atoms with Crippen molar-refractivity contribution >= 4 is 13.7 Å². The van der Waals surface area contributed by atoms with Crippen molar-refractivity contribution in [2.24, 2.45) is 4.99 Å². The van der Waals surface area contributed by atoms with Crippen molar-refractivity contribution in [3.63, 3.8) is 0 Å². The molecule has 49 valence electrons. The highest BCUT2D eigenvalue weighted by molar-refractivity contribution is 6.44. The van der Waals surface area contributed by atoms with Gasteiger partial charge in [0.05, 0.1) is 6.04 Å². The van der Waals surface area contributed by atoms with Gasteiger partial charge in [-0.05, 0) is 17.5 Å². The third-order valence-electron chi connectivity index (χ3n) is 1.77. The van der Waals surface area contributed by atoms with Crippen LogP contribution < -0.4 is 0 Å². The number of aliphatic imine (C=N–C) groups is 1. The molecule has 0 saturated heterocycles. The van der Waals surface area contributed by atoms with Gasteiger partial charge in [0.15, 0.2) is 0 Å². The topological polar surface area (TPSA) is 32.6 Å². The van der Waals surface area contributed by atoms with Gasteiger partial charge in [-0.1, -0.05) is 12.2 Å². The van der Waals surface area contributed by atoms with Gasteiger partial charge in [-0.3, -0.25) is 4.99 Å². The molecule has 2 bridgehead atoms. The van der Waals surface area contributed by atoms with Crippen LogP contribution in [0.2, 0.25) is 0 Å². The van der Waals surface area contributed by atoms with Crippen LogP contribution in [-0.2, 0) is 0 Å². The summed E-state index contributed by atoms with van der Waals surface area (Å²) in [7, 11) is 1.09. The van der Waals surface area contributed by atoms with Crippen molar-refractivity contribution in [2.75, 3.05) is 0 Å². The Balaban J connectivity index is 2.29. The molecule has 1 aliphatic carbocycles. The van der Waals surface area contributed by atoms with Crippen LogP contribution in [0.4, 0.5) is 0 Å². The Hall–Kier alpha value is -0.825. The Bertz CT molecular complexity index is 242. The van der Waals surface area contributed by atoms with Gasteiger partial charge in [0.2, 0.25) is 0 Å². The Kier molecular flexibility index (Phi) is 1.24. The number of nitrogens with zero attached hydrogens (tertiary/aromatic N) is 1. The van der Waals surface area contributed by atoms with E-state index in [0.717, 1.165) is 19.4 Å². The molecule has 0 saturated carbocycles. The maximum atomic E-state index is 8.64. The molecular weight excluding hydrogens is 125 g/mol. The Morgan fingerprint density at radius 2 is 2.50 bits per heavy atom. The molecule has 0 amide bonds. The van der Waals surface area contributed by atoms with Gasteiger partial charge < -0.3 is 5.02 Å². The third kappa shape index (κ3) is 0.828. The van der Waals surface area contributed by atoms with E-state index in [1.54, 1.807) is 6.21 Å². The van der Waals surface area contributed by atoms with Crippen molar-refractivity contribution in [3.8, 4) is 0 Å². The van der Waals surface area contributed by atoms with Gasteiger partial charge in [-0.2, -0.15) is 0 Å². The zero-order valence-corrected chi connectivity index (χ0v) is 5.49. The average molecular weight is 132 g/mol. The van der Waals surface area contributed by atoms with Gasteiger partial charge in [-0.15, -0.1) is 0 Å². The summed E-state index contributed by atoms with van der Waals surface area (Å²) in [5, 5.41) is 8.64. The van der Waals surface area contributed by atoms with Gasteiger partial charge >= 0.3 is 7.48 Å².